The van der Waals surface area contributed by atoms with Crippen molar-refractivity contribution >= 4 is 11.7 Å². The smallest absolute Gasteiger partial charge is 0.319 e. The number of amides is 2. The summed E-state index contributed by atoms with van der Waals surface area (Å²) >= 11 is 0. The molecule has 1 aromatic rings. The molecule has 1 atom stereocenters. The lowest BCUT2D eigenvalue weighted by Crippen LogP contribution is -2.38. The molecule has 0 fully saturated rings. The minimum atomic E-state index is -0.279. The minimum Gasteiger partial charge on any atom is -0.495 e. The second-order valence-electron chi connectivity index (χ2n) is 3.66. The maximum atomic E-state index is 11.6. The summed E-state index contributed by atoms with van der Waals surface area (Å²) in [5.41, 5.74) is 0.636. The Hall–Kier alpha value is -1.75. The summed E-state index contributed by atoms with van der Waals surface area (Å²) in [6.45, 7) is 2.34. The fourth-order valence-electron chi connectivity index (χ4n) is 1.42. The van der Waals surface area contributed by atoms with E-state index in [0.29, 0.717) is 18.0 Å². The molecule has 2 N–H and O–H groups in total. The van der Waals surface area contributed by atoms with E-state index in [0.717, 1.165) is 0 Å². The fraction of sp³-hybridized carbons (Fsp3) is 0.417. The van der Waals surface area contributed by atoms with Gasteiger partial charge in [0.25, 0.3) is 0 Å². The zero-order valence-corrected chi connectivity index (χ0v) is 10.3. The van der Waals surface area contributed by atoms with Gasteiger partial charge in [-0.15, -0.1) is 0 Å². The summed E-state index contributed by atoms with van der Waals surface area (Å²) in [5, 5.41) is 5.47. The van der Waals surface area contributed by atoms with Crippen LogP contribution in [0.3, 0.4) is 0 Å². The van der Waals surface area contributed by atoms with E-state index in [1.807, 2.05) is 19.1 Å². The molecule has 17 heavy (non-hydrogen) atoms. The Morgan fingerprint density at radius 3 is 2.71 bits per heavy atom. The van der Waals surface area contributed by atoms with Gasteiger partial charge in [0.05, 0.1) is 25.4 Å². The van der Waals surface area contributed by atoms with Crippen LogP contribution in [0, 0.1) is 0 Å². The summed E-state index contributed by atoms with van der Waals surface area (Å²) in [4.78, 5) is 11.6. The molecule has 1 aromatic carbocycles. The van der Waals surface area contributed by atoms with Gasteiger partial charge in [0, 0.05) is 7.11 Å². The van der Waals surface area contributed by atoms with Crippen molar-refractivity contribution in [2.75, 3.05) is 26.1 Å². The molecule has 5 heteroatoms. The summed E-state index contributed by atoms with van der Waals surface area (Å²) in [6.07, 6.45) is 0. The molecule has 0 aromatic heterocycles. The number of urea groups is 1. The number of anilines is 1. The lowest BCUT2D eigenvalue weighted by atomic mass is 10.3. The third kappa shape index (κ3) is 4.32. The number of carbonyl (C=O) groups is 1. The third-order valence-electron chi connectivity index (χ3n) is 2.15. The Morgan fingerprint density at radius 1 is 1.35 bits per heavy atom. The Balaban J connectivity index is 2.55. The van der Waals surface area contributed by atoms with Crippen LogP contribution >= 0.6 is 0 Å². The molecular weight excluding hydrogens is 220 g/mol. The van der Waals surface area contributed by atoms with Gasteiger partial charge in [0.15, 0.2) is 0 Å². The van der Waals surface area contributed by atoms with Crippen LogP contribution in [0.5, 0.6) is 5.75 Å². The van der Waals surface area contributed by atoms with E-state index in [1.165, 1.54) is 0 Å². The second kappa shape index (κ2) is 6.75. The number of para-hydroxylation sites is 2. The highest BCUT2D eigenvalue weighted by molar-refractivity contribution is 5.91. The van der Waals surface area contributed by atoms with Gasteiger partial charge in [-0.2, -0.15) is 0 Å². The van der Waals surface area contributed by atoms with Crippen LogP contribution in [-0.2, 0) is 4.74 Å². The Bertz CT molecular complexity index is 369. The van der Waals surface area contributed by atoms with E-state index in [-0.39, 0.29) is 12.1 Å². The first kappa shape index (κ1) is 13.3. The maximum Gasteiger partial charge on any atom is 0.319 e. The monoisotopic (exact) mass is 238 g/mol. The molecule has 0 saturated carbocycles. The predicted octanol–water partition coefficient (Wildman–Crippen LogP) is 1.85. The summed E-state index contributed by atoms with van der Waals surface area (Å²) < 4.78 is 10.1. The minimum absolute atomic E-state index is 0.0466. The van der Waals surface area contributed by atoms with Crippen molar-refractivity contribution in [1.82, 2.24) is 5.32 Å². The highest BCUT2D eigenvalue weighted by Crippen LogP contribution is 2.22. The molecule has 0 bridgehead atoms. The van der Waals surface area contributed by atoms with E-state index in [2.05, 4.69) is 10.6 Å². The van der Waals surface area contributed by atoms with Crippen molar-refractivity contribution < 1.29 is 14.3 Å². The van der Waals surface area contributed by atoms with Gasteiger partial charge in [-0.25, -0.2) is 4.79 Å². The van der Waals surface area contributed by atoms with Crippen molar-refractivity contribution in [3.63, 3.8) is 0 Å². The molecule has 0 aliphatic heterocycles. The van der Waals surface area contributed by atoms with E-state index < -0.39 is 0 Å². The third-order valence-corrected chi connectivity index (χ3v) is 2.15. The molecule has 0 heterocycles. The molecule has 94 valence electrons. The summed E-state index contributed by atoms with van der Waals surface area (Å²) in [7, 11) is 3.16. The molecular formula is C12H18N2O3. The molecule has 0 aliphatic rings. The van der Waals surface area contributed by atoms with Gasteiger partial charge in [0.1, 0.15) is 5.75 Å². The standard InChI is InChI=1S/C12H18N2O3/c1-9(8-16-2)13-12(15)14-10-6-4-5-7-11(10)17-3/h4-7,9H,8H2,1-3H3,(H2,13,14,15). The van der Waals surface area contributed by atoms with E-state index >= 15 is 0 Å². The lowest BCUT2D eigenvalue weighted by Gasteiger charge is -2.14. The van der Waals surface area contributed by atoms with Crippen molar-refractivity contribution in [2.24, 2.45) is 0 Å². The van der Waals surface area contributed by atoms with Crippen LogP contribution in [0.4, 0.5) is 10.5 Å². The largest absolute Gasteiger partial charge is 0.495 e. The van der Waals surface area contributed by atoms with Gasteiger partial charge in [-0.05, 0) is 19.1 Å². The average molecular weight is 238 g/mol. The van der Waals surface area contributed by atoms with Crippen molar-refractivity contribution in [2.45, 2.75) is 13.0 Å². The first-order valence-corrected chi connectivity index (χ1v) is 5.37. The van der Waals surface area contributed by atoms with Gasteiger partial charge in [0.2, 0.25) is 0 Å². The fourth-order valence-corrected chi connectivity index (χ4v) is 1.42. The van der Waals surface area contributed by atoms with E-state index in [1.54, 1.807) is 26.4 Å². The van der Waals surface area contributed by atoms with Crippen LogP contribution < -0.4 is 15.4 Å². The van der Waals surface area contributed by atoms with Gasteiger partial charge in [-0.1, -0.05) is 12.1 Å². The quantitative estimate of drug-likeness (QED) is 0.823. The zero-order valence-electron chi connectivity index (χ0n) is 10.3. The molecule has 1 rings (SSSR count). The molecule has 0 spiro atoms. The summed E-state index contributed by atoms with van der Waals surface area (Å²) in [6, 6.07) is 6.91. The van der Waals surface area contributed by atoms with Gasteiger partial charge < -0.3 is 20.1 Å². The van der Waals surface area contributed by atoms with Crippen LogP contribution in [0.2, 0.25) is 0 Å². The number of methoxy groups -OCH3 is 2. The first-order chi connectivity index (χ1) is 8.17. The molecule has 0 saturated heterocycles. The normalized spacial score (nSPS) is 11.7. The molecule has 1 unspecified atom stereocenters. The van der Waals surface area contributed by atoms with Crippen molar-refractivity contribution in [1.29, 1.82) is 0 Å². The Morgan fingerprint density at radius 2 is 2.06 bits per heavy atom. The first-order valence-electron chi connectivity index (χ1n) is 5.37. The van der Waals surface area contributed by atoms with Crippen LogP contribution in [0.25, 0.3) is 0 Å². The highest BCUT2D eigenvalue weighted by Gasteiger charge is 2.09. The number of benzene rings is 1. The van der Waals surface area contributed by atoms with Crippen molar-refractivity contribution in [3.05, 3.63) is 24.3 Å². The average Bonchev–Trinajstić information content (AvgIpc) is 2.29. The van der Waals surface area contributed by atoms with Crippen molar-refractivity contribution in [3.8, 4) is 5.75 Å². The second-order valence-corrected chi connectivity index (χ2v) is 3.66. The Kier molecular flexibility index (Phi) is 5.29. The number of rotatable bonds is 5. The number of hydrogen-bond donors (Lipinski definition) is 2. The van der Waals surface area contributed by atoms with Gasteiger partial charge in [-0.3, -0.25) is 0 Å². The van der Waals surface area contributed by atoms with E-state index in [4.69, 9.17) is 9.47 Å². The number of nitrogens with one attached hydrogen (secondary N) is 2. The predicted molar refractivity (Wildman–Crippen MR) is 66.5 cm³/mol. The van der Waals surface area contributed by atoms with Crippen LogP contribution in [0.15, 0.2) is 24.3 Å². The number of ether oxygens (including phenoxy) is 2. The van der Waals surface area contributed by atoms with Crippen LogP contribution in [0.1, 0.15) is 6.92 Å². The van der Waals surface area contributed by atoms with E-state index in [9.17, 15) is 4.79 Å². The van der Waals surface area contributed by atoms with Crippen LogP contribution in [-0.4, -0.2) is 32.9 Å². The molecule has 5 nitrogen and oxygen atoms in total. The number of hydrogen-bond acceptors (Lipinski definition) is 3. The zero-order chi connectivity index (χ0) is 12.7. The topological polar surface area (TPSA) is 59.6 Å². The SMILES string of the molecule is COCC(C)NC(=O)Nc1ccccc1OC. The summed E-state index contributed by atoms with van der Waals surface area (Å²) in [5.74, 6) is 0.627. The lowest BCUT2D eigenvalue weighted by molar-refractivity contribution is 0.173. The molecule has 2 amide bonds. The highest BCUT2D eigenvalue weighted by atomic mass is 16.5. The molecule has 0 aliphatic carbocycles. The van der Waals surface area contributed by atoms with Gasteiger partial charge >= 0.3 is 6.03 Å². The number of carbonyl (C=O) groups excluding carboxylic acids is 1. The molecule has 0 radical (unpaired) electrons. The maximum absolute atomic E-state index is 11.6. The Labute approximate surface area is 101 Å².